The van der Waals surface area contributed by atoms with Crippen LogP contribution in [0.1, 0.15) is 49.9 Å². The van der Waals surface area contributed by atoms with Crippen molar-refractivity contribution in [2.45, 2.75) is 38.5 Å². The fourth-order valence-corrected chi connectivity index (χ4v) is 8.36. The van der Waals surface area contributed by atoms with Crippen LogP contribution < -0.4 is 0 Å². The summed E-state index contributed by atoms with van der Waals surface area (Å²) in [5.74, 6) is 0. The molecule has 0 amide bonds. The van der Waals surface area contributed by atoms with Crippen molar-refractivity contribution in [1.82, 2.24) is 4.57 Å². The molecule has 7 aromatic rings. The van der Waals surface area contributed by atoms with Gasteiger partial charge < -0.3 is 4.57 Å². The second kappa shape index (κ2) is 8.36. The predicted molar refractivity (Wildman–Crippen MR) is 181 cm³/mol. The first-order valence-corrected chi connectivity index (χ1v) is 15.4. The van der Waals surface area contributed by atoms with E-state index in [0.29, 0.717) is 0 Å². The lowest BCUT2D eigenvalue weighted by Gasteiger charge is -2.25. The van der Waals surface area contributed by atoms with Crippen molar-refractivity contribution in [2.75, 3.05) is 0 Å². The molecule has 0 atom stereocenters. The number of hydrogen-bond acceptors (Lipinski definition) is 0. The van der Waals surface area contributed by atoms with Crippen LogP contribution in [0.15, 0.2) is 127 Å². The molecular weight excluding hydrogens is 518 g/mol. The van der Waals surface area contributed by atoms with Gasteiger partial charge in [-0.25, -0.2) is 0 Å². The van der Waals surface area contributed by atoms with Crippen molar-refractivity contribution in [3.05, 3.63) is 150 Å². The van der Waals surface area contributed by atoms with Gasteiger partial charge in [0, 0.05) is 27.3 Å². The molecule has 1 heteroatoms. The summed E-state index contributed by atoms with van der Waals surface area (Å²) in [6.45, 7) is 9.54. The third kappa shape index (κ3) is 3.12. The van der Waals surface area contributed by atoms with Crippen LogP contribution in [0.5, 0.6) is 0 Å². The number of nitrogens with zero attached hydrogens (tertiary/aromatic N) is 1. The lowest BCUT2D eigenvalue weighted by molar-refractivity contribution is 0.660. The van der Waals surface area contributed by atoms with E-state index >= 15 is 0 Å². The zero-order chi connectivity index (χ0) is 29.1. The molecule has 0 spiro atoms. The second-order valence-electron chi connectivity index (χ2n) is 13.4. The van der Waals surface area contributed by atoms with Gasteiger partial charge in [0.2, 0.25) is 0 Å². The average Bonchev–Trinajstić information content (AvgIpc) is 3.58. The molecule has 1 aromatic heterocycles. The fraction of sp³-hybridized carbons (Fsp3) is 0.143. The standard InChI is InChI=1S/C42H33N/c1-41(2)34-19-11-8-16-28(34)32-24-26(22-23-36(32)41)31-25-33-29-17-10-13-21-37(29)43(27-14-6-5-7-15-27)40(33)39-38(31)30-18-9-12-20-35(30)42(39,3)4/h5-25H,1-4H3. The third-order valence-electron chi connectivity index (χ3n) is 10.4. The summed E-state index contributed by atoms with van der Waals surface area (Å²) in [6, 6.07) is 47.5. The smallest absolute Gasteiger partial charge is 0.0588 e. The van der Waals surface area contributed by atoms with Gasteiger partial charge in [-0.2, -0.15) is 0 Å². The number of benzene rings is 6. The molecule has 2 aliphatic carbocycles. The van der Waals surface area contributed by atoms with E-state index in [2.05, 4.69) is 160 Å². The van der Waals surface area contributed by atoms with E-state index in [-0.39, 0.29) is 10.8 Å². The summed E-state index contributed by atoms with van der Waals surface area (Å²) in [5.41, 5.74) is 17.3. The number of aromatic nitrogens is 1. The Balaban J connectivity index is 1.45. The fourth-order valence-electron chi connectivity index (χ4n) is 8.36. The normalized spacial score (nSPS) is 15.3. The van der Waals surface area contributed by atoms with Gasteiger partial charge in [-0.1, -0.05) is 125 Å². The molecule has 1 nitrogen and oxygen atoms in total. The monoisotopic (exact) mass is 551 g/mol. The molecule has 0 N–H and O–H groups in total. The average molecular weight is 552 g/mol. The van der Waals surface area contributed by atoms with E-state index in [1.807, 2.05) is 0 Å². The van der Waals surface area contributed by atoms with Crippen LogP contribution in [-0.4, -0.2) is 4.57 Å². The number of rotatable bonds is 2. The maximum atomic E-state index is 2.50. The molecule has 0 aliphatic heterocycles. The van der Waals surface area contributed by atoms with Crippen molar-refractivity contribution < 1.29 is 0 Å². The van der Waals surface area contributed by atoms with Gasteiger partial charge in [0.25, 0.3) is 0 Å². The van der Waals surface area contributed by atoms with E-state index < -0.39 is 0 Å². The van der Waals surface area contributed by atoms with Crippen molar-refractivity contribution in [3.63, 3.8) is 0 Å². The molecule has 0 saturated heterocycles. The molecule has 0 fully saturated rings. The molecule has 206 valence electrons. The van der Waals surface area contributed by atoms with Crippen LogP contribution in [0.3, 0.4) is 0 Å². The molecule has 0 unspecified atom stereocenters. The Morgan fingerprint density at radius 2 is 1.09 bits per heavy atom. The van der Waals surface area contributed by atoms with Gasteiger partial charge in [0.15, 0.2) is 0 Å². The summed E-state index contributed by atoms with van der Waals surface area (Å²) < 4.78 is 2.50. The highest BCUT2D eigenvalue weighted by Gasteiger charge is 2.41. The predicted octanol–water partition coefficient (Wildman–Crippen LogP) is 11.1. The summed E-state index contributed by atoms with van der Waals surface area (Å²) in [6.07, 6.45) is 0. The van der Waals surface area contributed by atoms with Gasteiger partial charge in [-0.05, 0) is 86.0 Å². The van der Waals surface area contributed by atoms with Gasteiger partial charge >= 0.3 is 0 Å². The van der Waals surface area contributed by atoms with E-state index in [4.69, 9.17) is 0 Å². The minimum Gasteiger partial charge on any atom is -0.309 e. The highest BCUT2D eigenvalue weighted by Crippen LogP contribution is 2.57. The van der Waals surface area contributed by atoms with Crippen molar-refractivity contribution in [1.29, 1.82) is 0 Å². The lowest BCUT2D eigenvalue weighted by atomic mass is 9.80. The summed E-state index contributed by atoms with van der Waals surface area (Å²) in [7, 11) is 0. The summed E-state index contributed by atoms with van der Waals surface area (Å²) in [5, 5.41) is 2.61. The minimum absolute atomic E-state index is 0.00590. The zero-order valence-electron chi connectivity index (χ0n) is 25.1. The van der Waals surface area contributed by atoms with Crippen LogP contribution >= 0.6 is 0 Å². The van der Waals surface area contributed by atoms with Crippen molar-refractivity contribution in [2.24, 2.45) is 0 Å². The van der Waals surface area contributed by atoms with Gasteiger partial charge in [-0.3, -0.25) is 0 Å². The Morgan fingerprint density at radius 1 is 0.465 bits per heavy atom. The minimum atomic E-state index is -0.160. The molecule has 9 rings (SSSR count). The number of fused-ring (bicyclic) bond motifs is 10. The van der Waals surface area contributed by atoms with E-state index in [0.717, 1.165) is 0 Å². The van der Waals surface area contributed by atoms with Crippen LogP contribution in [0.2, 0.25) is 0 Å². The molecule has 0 radical (unpaired) electrons. The molecule has 0 bridgehead atoms. The summed E-state index contributed by atoms with van der Waals surface area (Å²) in [4.78, 5) is 0. The van der Waals surface area contributed by atoms with Crippen molar-refractivity contribution in [3.8, 4) is 39.1 Å². The lowest BCUT2D eigenvalue weighted by Crippen LogP contribution is -2.16. The van der Waals surface area contributed by atoms with Crippen molar-refractivity contribution >= 4 is 21.8 Å². The first-order chi connectivity index (χ1) is 20.9. The van der Waals surface area contributed by atoms with Crippen LogP contribution in [0.4, 0.5) is 0 Å². The number of hydrogen-bond donors (Lipinski definition) is 0. The maximum absolute atomic E-state index is 2.50. The Labute approximate surface area is 253 Å². The highest BCUT2D eigenvalue weighted by molar-refractivity contribution is 6.16. The first kappa shape index (κ1) is 24.7. The van der Waals surface area contributed by atoms with Gasteiger partial charge in [0.1, 0.15) is 0 Å². The van der Waals surface area contributed by atoms with Gasteiger partial charge in [0.05, 0.1) is 11.0 Å². The molecular formula is C42H33N. The molecule has 1 heterocycles. The van der Waals surface area contributed by atoms with Gasteiger partial charge in [-0.15, -0.1) is 0 Å². The van der Waals surface area contributed by atoms with Crippen LogP contribution in [0, 0.1) is 0 Å². The Kier molecular flexibility index (Phi) is 4.80. The molecule has 0 saturated carbocycles. The van der Waals surface area contributed by atoms with Crippen LogP contribution in [-0.2, 0) is 10.8 Å². The molecule has 6 aromatic carbocycles. The molecule has 2 aliphatic rings. The Hall–Kier alpha value is -4.88. The first-order valence-electron chi connectivity index (χ1n) is 15.4. The second-order valence-corrected chi connectivity index (χ2v) is 13.4. The SMILES string of the molecule is CC1(C)c2ccccc2-c2cc(-c3cc4c5ccccc5n(-c5ccccc5)c4c4c3-c3ccccc3C4(C)C)ccc21. The number of para-hydroxylation sites is 2. The topological polar surface area (TPSA) is 4.93 Å². The largest absolute Gasteiger partial charge is 0.309 e. The quantitative estimate of drug-likeness (QED) is 0.201. The Morgan fingerprint density at radius 3 is 1.88 bits per heavy atom. The third-order valence-corrected chi connectivity index (χ3v) is 10.4. The highest BCUT2D eigenvalue weighted by atomic mass is 15.0. The summed E-state index contributed by atoms with van der Waals surface area (Å²) >= 11 is 0. The zero-order valence-corrected chi connectivity index (χ0v) is 25.1. The van der Waals surface area contributed by atoms with E-state index in [1.54, 1.807) is 0 Å². The van der Waals surface area contributed by atoms with E-state index in [9.17, 15) is 0 Å². The molecule has 43 heavy (non-hydrogen) atoms. The maximum Gasteiger partial charge on any atom is 0.0588 e. The van der Waals surface area contributed by atoms with E-state index in [1.165, 1.54) is 83.1 Å². The Bertz CT molecular complexity index is 2280. The van der Waals surface area contributed by atoms with Crippen LogP contribution in [0.25, 0.3) is 60.9 Å².